The van der Waals surface area contributed by atoms with Crippen LogP contribution in [0.1, 0.15) is 39.0 Å². The third-order valence-corrected chi connectivity index (χ3v) is 4.73. The van der Waals surface area contributed by atoms with Crippen LogP contribution in [0.5, 0.6) is 0 Å². The van der Waals surface area contributed by atoms with Crippen LogP contribution in [0, 0.1) is 0 Å². The van der Waals surface area contributed by atoms with E-state index in [0.717, 1.165) is 31.6 Å². The molecule has 2 unspecified atom stereocenters. The van der Waals surface area contributed by atoms with E-state index < -0.39 is 0 Å². The second-order valence-electron chi connectivity index (χ2n) is 3.99. The highest BCUT2D eigenvalue weighted by molar-refractivity contribution is 9.09. The van der Waals surface area contributed by atoms with Crippen LogP contribution < -0.4 is 5.32 Å². The van der Waals surface area contributed by atoms with Crippen LogP contribution >= 0.6 is 27.7 Å². The lowest BCUT2D eigenvalue weighted by atomic mass is 10.2. The van der Waals surface area contributed by atoms with Crippen molar-refractivity contribution in [2.24, 2.45) is 0 Å². The fraction of sp³-hybridized carbons (Fsp3) is 0.909. The number of thioether (sulfide) groups is 1. The molecule has 0 aromatic rings. The average Bonchev–Trinajstić information content (AvgIpc) is 2.27. The smallest absolute Gasteiger partial charge is 0.233 e. The van der Waals surface area contributed by atoms with E-state index >= 15 is 0 Å². The lowest BCUT2D eigenvalue weighted by Gasteiger charge is -2.21. The number of carbonyl (C=O) groups is 1. The first-order chi connectivity index (χ1) is 7.24. The summed E-state index contributed by atoms with van der Waals surface area (Å²) in [7, 11) is 0. The van der Waals surface area contributed by atoms with E-state index in [1.807, 2.05) is 11.8 Å². The van der Waals surface area contributed by atoms with Gasteiger partial charge in [-0.3, -0.25) is 4.79 Å². The number of hydrogen-bond donors (Lipinski definition) is 1. The minimum Gasteiger partial charge on any atom is -0.354 e. The molecule has 15 heavy (non-hydrogen) atoms. The predicted octanol–water partition coefficient (Wildman–Crippen LogP) is 2.95. The molecule has 0 aromatic carbocycles. The number of nitrogens with one attached hydrogen (secondary N) is 1. The van der Waals surface area contributed by atoms with Gasteiger partial charge >= 0.3 is 0 Å². The predicted molar refractivity (Wildman–Crippen MR) is 70.7 cm³/mol. The Labute approximate surface area is 105 Å². The Morgan fingerprint density at radius 3 is 3.00 bits per heavy atom. The van der Waals surface area contributed by atoms with Crippen LogP contribution in [-0.2, 0) is 4.79 Å². The van der Waals surface area contributed by atoms with Crippen molar-refractivity contribution in [3.63, 3.8) is 0 Å². The summed E-state index contributed by atoms with van der Waals surface area (Å²) in [4.78, 5) is 12.2. The molecule has 1 rings (SSSR count). The Hall–Kier alpha value is 0.300. The molecule has 2 nitrogen and oxygen atoms in total. The molecular weight excluding hydrogens is 274 g/mol. The molecule has 0 spiro atoms. The highest BCUT2D eigenvalue weighted by Gasteiger charge is 2.21. The molecule has 2 atom stereocenters. The monoisotopic (exact) mass is 293 g/mol. The van der Waals surface area contributed by atoms with E-state index in [4.69, 9.17) is 0 Å². The normalized spacial score (nSPS) is 23.5. The molecule has 0 saturated carbocycles. The molecule has 1 aliphatic heterocycles. The van der Waals surface area contributed by atoms with Crippen LogP contribution in [0.2, 0.25) is 0 Å². The summed E-state index contributed by atoms with van der Waals surface area (Å²) in [5.74, 6) is 1.38. The molecule has 1 aliphatic rings. The zero-order valence-corrected chi connectivity index (χ0v) is 11.7. The second kappa shape index (κ2) is 7.55. The SMILES string of the molecule is CCCC(Br)CNC(=O)C1CCCCS1. The first kappa shape index (κ1) is 13.4. The van der Waals surface area contributed by atoms with Crippen LogP contribution in [-0.4, -0.2) is 28.3 Å². The third-order valence-electron chi connectivity index (χ3n) is 2.57. The maximum absolute atomic E-state index is 11.8. The third kappa shape index (κ3) is 5.25. The number of halogens is 1. The quantitative estimate of drug-likeness (QED) is 0.790. The lowest BCUT2D eigenvalue weighted by molar-refractivity contribution is -0.120. The van der Waals surface area contributed by atoms with Gasteiger partial charge in [0.25, 0.3) is 0 Å². The summed E-state index contributed by atoms with van der Waals surface area (Å²) in [6, 6.07) is 0. The van der Waals surface area contributed by atoms with Crippen molar-refractivity contribution < 1.29 is 4.79 Å². The van der Waals surface area contributed by atoms with Crippen molar-refractivity contribution >= 4 is 33.6 Å². The highest BCUT2D eigenvalue weighted by atomic mass is 79.9. The fourth-order valence-corrected chi connectivity index (χ4v) is 3.53. The van der Waals surface area contributed by atoms with Crippen molar-refractivity contribution in [1.29, 1.82) is 0 Å². The van der Waals surface area contributed by atoms with E-state index in [0.29, 0.717) is 4.83 Å². The zero-order chi connectivity index (χ0) is 11.1. The van der Waals surface area contributed by atoms with E-state index in [-0.39, 0.29) is 11.2 Å². The Kier molecular flexibility index (Phi) is 6.73. The molecular formula is C11H20BrNOS. The fourth-order valence-electron chi connectivity index (χ4n) is 1.69. The van der Waals surface area contributed by atoms with Crippen molar-refractivity contribution in [3.05, 3.63) is 0 Å². The summed E-state index contributed by atoms with van der Waals surface area (Å²) < 4.78 is 0. The van der Waals surface area contributed by atoms with E-state index in [9.17, 15) is 4.79 Å². The van der Waals surface area contributed by atoms with Crippen molar-refractivity contribution in [2.75, 3.05) is 12.3 Å². The van der Waals surface area contributed by atoms with E-state index in [1.165, 1.54) is 12.8 Å². The topological polar surface area (TPSA) is 29.1 Å². The maximum Gasteiger partial charge on any atom is 0.233 e. The summed E-state index contributed by atoms with van der Waals surface area (Å²) >= 11 is 5.38. The summed E-state index contributed by atoms with van der Waals surface area (Å²) in [6.07, 6.45) is 5.81. The van der Waals surface area contributed by atoms with Crippen molar-refractivity contribution in [3.8, 4) is 0 Å². The number of hydrogen-bond acceptors (Lipinski definition) is 2. The van der Waals surface area contributed by atoms with E-state index in [2.05, 4.69) is 28.2 Å². The molecule has 88 valence electrons. The van der Waals surface area contributed by atoms with Crippen molar-refractivity contribution in [2.45, 2.75) is 49.1 Å². The molecule has 0 aromatic heterocycles. The zero-order valence-electron chi connectivity index (χ0n) is 9.30. The van der Waals surface area contributed by atoms with Gasteiger partial charge in [0.15, 0.2) is 0 Å². The molecule has 4 heteroatoms. The largest absolute Gasteiger partial charge is 0.354 e. The Morgan fingerprint density at radius 2 is 2.40 bits per heavy atom. The number of alkyl halides is 1. The molecule has 0 radical (unpaired) electrons. The summed E-state index contributed by atoms with van der Waals surface area (Å²) in [6.45, 7) is 2.93. The lowest BCUT2D eigenvalue weighted by Crippen LogP contribution is -2.37. The van der Waals surface area contributed by atoms with Gasteiger partial charge in [-0.25, -0.2) is 0 Å². The van der Waals surface area contributed by atoms with Crippen molar-refractivity contribution in [1.82, 2.24) is 5.32 Å². The van der Waals surface area contributed by atoms with Gasteiger partial charge in [0, 0.05) is 11.4 Å². The maximum atomic E-state index is 11.8. The first-order valence-corrected chi connectivity index (χ1v) is 7.74. The molecule has 1 fully saturated rings. The Bertz CT molecular complexity index is 195. The van der Waals surface area contributed by atoms with Crippen LogP contribution in [0.15, 0.2) is 0 Å². The minimum absolute atomic E-state index is 0.208. The minimum atomic E-state index is 0.208. The Morgan fingerprint density at radius 1 is 1.60 bits per heavy atom. The number of rotatable bonds is 5. The van der Waals surface area contributed by atoms with Gasteiger partial charge in [0.2, 0.25) is 5.91 Å². The molecule has 1 heterocycles. The second-order valence-corrected chi connectivity index (χ2v) is 6.59. The van der Waals surface area contributed by atoms with Gasteiger partial charge in [-0.2, -0.15) is 0 Å². The number of carbonyl (C=O) groups excluding carboxylic acids is 1. The molecule has 1 saturated heterocycles. The average molecular weight is 294 g/mol. The molecule has 0 aliphatic carbocycles. The summed E-state index contributed by atoms with van der Waals surface area (Å²) in [5.41, 5.74) is 0. The van der Waals surface area contributed by atoms with Gasteiger partial charge in [0.1, 0.15) is 0 Å². The molecule has 1 N–H and O–H groups in total. The molecule has 0 bridgehead atoms. The number of amides is 1. The van der Waals surface area contributed by atoms with Gasteiger partial charge in [-0.05, 0) is 25.0 Å². The van der Waals surface area contributed by atoms with Gasteiger partial charge in [-0.1, -0.05) is 35.7 Å². The van der Waals surface area contributed by atoms with Gasteiger partial charge in [-0.15, -0.1) is 11.8 Å². The van der Waals surface area contributed by atoms with Gasteiger partial charge < -0.3 is 5.32 Å². The van der Waals surface area contributed by atoms with E-state index in [1.54, 1.807) is 0 Å². The summed E-state index contributed by atoms with van der Waals surface area (Å²) in [5, 5.41) is 3.24. The van der Waals surface area contributed by atoms with Crippen LogP contribution in [0.25, 0.3) is 0 Å². The highest BCUT2D eigenvalue weighted by Crippen LogP contribution is 2.25. The molecule has 1 amide bonds. The Balaban J connectivity index is 2.16. The van der Waals surface area contributed by atoms with Gasteiger partial charge in [0.05, 0.1) is 5.25 Å². The van der Waals surface area contributed by atoms with Crippen LogP contribution in [0.3, 0.4) is 0 Å². The standard InChI is InChI=1S/C11H20BrNOS/c1-2-5-9(12)8-13-11(14)10-6-3-4-7-15-10/h9-10H,2-8H2,1H3,(H,13,14). The first-order valence-electron chi connectivity index (χ1n) is 5.77. The van der Waals surface area contributed by atoms with Crippen LogP contribution in [0.4, 0.5) is 0 Å².